The monoisotopic (exact) mass is 714 g/mol. The van der Waals surface area contributed by atoms with Crippen molar-refractivity contribution in [2.45, 2.75) is 83.8 Å². The summed E-state index contributed by atoms with van der Waals surface area (Å²) in [5.41, 5.74) is 1.30. The van der Waals surface area contributed by atoms with Crippen LogP contribution < -0.4 is 10.1 Å². The lowest BCUT2D eigenvalue weighted by Gasteiger charge is -2.71. The second kappa shape index (κ2) is 13.0. The molecule has 3 N–H and O–H groups in total. The average Bonchev–Trinajstić information content (AvgIpc) is 3.44. The number of methoxy groups -OCH3 is 1. The van der Waals surface area contributed by atoms with Crippen LogP contribution in [0.1, 0.15) is 82.5 Å². The molecule has 2 spiro atoms. The molecule has 0 aliphatic heterocycles. The number of allylic oxidation sites excluding steroid dienone is 4. The number of carbonyl (C=O) groups excluding carboxylic acids is 2. The third-order valence-electron chi connectivity index (χ3n) is 14.8. The molecule has 8 atom stereocenters. The first-order valence-electron chi connectivity index (χ1n) is 19.7. The van der Waals surface area contributed by atoms with Gasteiger partial charge in [-0.15, -0.1) is 0 Å². The quantitative estimate of drug-likeness (QED) is 0.152. The molecular weight excluding hydrogens is 661 g/mol. The van der Waals surface area contributed by atoms with E-state index in [1.54, 1.807) is 12.0 Å². The zero-order chi connectivity index (χ0) is 37.2. The van der Waals surface area contributed by atoms with Crippen LogP contribution in [0.2, 0.25) is 0 Å². The highest BCUT2D eigenvalue weighted by atomic mass is 16.5. The van der Waals surface area contributed by atoms with Crippen LogP contribution in [0, 0.1) is 33.5 Å². The van der Waals surface area contributed by atoms with Gasteiger partial charge in [0.1, 0.15) is 5.75 Å². The van der Waals surface area contributed by atoms with Crippen molar-refractivity contribution >= 4 is 17.5 Å². The molecule has 7 heteroatoms. The Bertz CT molecular complexity index is 1960. The van der Waals surface area contributed by atoms with Gasteiger partial charge < -0.3 is 25.2 Å². The molecule has 0 aromatic heterocycles. The third kappa shape index (κ3) is 5.28. The number of aliphatic hydroxyl groups excluding tert-OH is 1. The fraction of sp³-hybridized carbons (Fsp3) is 0.478. The number of amides is 2. The molecule has 3 aromatic rings. The molecule has 278 valence electrons. The van der Waals surface area contributed by atoms with Crippen molar-refractivity contribution in [1.82, 2.24) is 4.90 Å². The van der Waals surface area contributed by atoms with Crippen LogP contribution in [0.5, 0.6) is 5.75 Å². The lowest BCUT2D eigenvalue weighted by Crippen LogP contribution is -2.67. The average molecular weight is 715 g/mol. The topological polar surface area (TPSA) is 99.1 Å². The number of fused-ring (bicyclic) bond motifs is 1. The Morgan fingerprint density at radius 1 is 0.868 bits per heavy atom. The molecule has 3 aromatic carbocycles. The van der Waals surface area contributed by atoms with E-state index >= 15 is 4.79 Å². The number of ketones is 1. The molecule has 0 radical (unpaired) electrons. The first-order valence-corrected chi connectivity index (χ1v) is 19.7. The van der Waals surface area contributed by atoms with Crippen molar-refractivity contribution in [1.29, 1.82) is 0 Å². The van der Waals surface area contributed by atoms with Gasteiger partial charge in [-0.25, -0.2) is 4.79 Å². The predicted octanol–water partition coefficient (Wildman–Crippen LogP) is 9.08. The molecule has 0 heterocycles. The number of urea groups is 1. The number of ether oxygens (including phenoxy) is 1. The number of rotatable bonds is 9. The lowest BCUT2D eigenvalue weighted by atomic mass is 9.32. The molecule has 2 amide bonds. The second-order valence-corrected chi connectivity index (χ2v) is 17.1. The summed E-state index contributed by atoms with van der Waals surface area (Å²) in [6.45, 7) is 7.44. The maximum Gasteiger partial charge on any atom is 0.321 e. The number of hydrogen-bond donors (Lipinski definition) is 3. The Hall–Kier alpha value is -4.20. The van der Waals surface area contributed by atoms with Gasteiger partial charge in [-0.2, -0.15) is 0 Å². The molecule has 8 unspecified atom stereocenters. The highest BCUT2D eigenvalue weighted by Crippen LogP contribution is 2.78. The number of aliphatic hydroxyl groups is 2. The van der Waals surface area contributed by atoms with E-state index in [1.165, 1.54) is 0 Å². The van der Waals surface area contributed by atoms with E-state index in [9.17, 15) is 15.0 Å². The van der Waals surface area contributed by atoms with Crippen LogP contribution >= 0.6 is 0 Å². The van der Waals surface area contributed by atoms with Gasteiger partial charge in [-0.1, -0.05) is 93.6 Å². The zero-order valence-corrected chi connectivity index (χ0v) is 31.6. The minimum Gasteiger partial charge on any atom is -0.497 e. The predicted molar refractivity (Wildman–Crippen MR) is 209 cm³/mol. The van der Waals surface area contributed by atoms with Gasteiger partial charge >= 0.3 is 6.03 Å². The van der Waals surface area contributed by atoms with Crippen LogP contribution in [-0.4, -0.2) is 58.8 Å². The van der Waals surface area contributed by atoms with Crippen molar-refractivity contribution in [2.24, 2.45) is 33.5 Å². The zero-order valence-electron chi connectivity index (χ0n) is 31.6. The largest absolute Gasteiger partial charge is 0.497 e. The fourth-order valence-corrected chi connectivity index (χ4v) is 12.0. The van der Waals surface area contributed by atoms with E-state index < -0.39 is 27.9 Å². The molecule has 7 nitrogen and oxygen atoms in total. The molecule has 6 aliphatic carbocycles. The Kier molecular flexibility index (Phi) is 8.77. The van der Waals surface area contributed by atoms with Gasteiger partial charge in [-0.05, 0) is 104 Å². The van der Waals surface area contributed by atoms with E-state index in [0.29, 0.717) is 36.4 Å². The lowest BCUT2D eigenvalue weighted by molar-refractivity contribution is -0.174. The molecule has 2 bridgehead atoms. The first-order chi connectivity index (χ1) is 25.4. The SMILES string of the molecule is CCCN(CC1(O)CCC2C34C=CC5(C=C3C(=O)c3ccccc3-c3ccccc3)CC(O)CCC5(C)C4CCC21C)C(=O)Nc1ccc(OC)cc1. The summed E-state index contributed by atoms with van der Waals surface area (Å²) in [4.78, 5) is 31.1. The maximum atomic E-state index is 15.4. The summed E-state index contributed by atoms with van der Waals surface area (Å²) in [6.07, 6.45) is 12.6. The molecule has 0 saturated heterocycles. The highest BCUT2D eigenvalue weighted by molar-refractivity contribution is 6.14. The number of Topliss-reactive ketones (excluding diaryl/α,β-unsaturated/α-hetero) is 1. The van der Waals surface area contributed by atoms with Crippen molar-refractivity contribution in [3.8, 4) is 16.9 Å². The van der Waals surface area contributed by atoms with E-state index in [2.05, 4.69) is 56.4 Å². The van der Waals surface area contributed by atoms with Gasteiger partial charge in [-0.3, -0.25) is 4.79 Å². The van der Waals surface area contributed by atoms with Crippen molar-refractivity contribution < 1.29 is 24.5 Å². The smallest absolute Gasteiger partial charge is 0.321 e. The van der Waals surface area contributed by atoms with Gasteiger partial charge in [0.15, 0.2) is 5.78 Å². The highest BCUT2D eigenvalue weighted by Gasteiger charge is 2.74. The van der Waals surface area contributed by atoms with Crippen LogP contribution in [0.25, 0.3) is 11.1 Å². The van der Waals surface area contributed by atoms with Gasteiger partial charge in [0.25, 0.3) is 0 Å². The number of anilines is 1. The summed E-state index contributed by atoms with van der Waals surface area (Å²) < 4.78 is 5.30. The first kappa shape index (κ1) is 35.8. The Morgan fingerprint density at radius 2 is 1.55 bits per heavy atom. The van der Waals surface area contributed by atoms with Crippen molar-refractivity contribution in [2.75, 3.05) is 25.5 Å². The number of nitrogens with one attached hydrogen (secondary N) is 1. The Morgan fingerprint density at radius 3 is 2.28 bits per heavy atom. The molecule has 6 aliphatic rings. The van der Waals surface area contributed by atoms with Gasteiger partial charge in [0, 0.05) is 39.6 Å². The molecular formula is C46H54N2O5. The molecule has 53 heavy (non-hydrogen) atoms. The van der Waals surface area contributed by atoms with E-state index in [4.69, 9.17) is 4.74 Å². The molecule has 3 fully saturated rings. The summed E-state index contributed by atoms with van der Waals surface area (Å²) in [7, 11) is 1.62. The fourth-order valence-electron chi connectivity index (χ4n) is 12.0. The molecule has 9 rings (SSSR count). The van der Waals surface area contributed by atoms with Gasteiger partial charge in [0.05, 0.1) is 25.4 Å². The van der Waals surface area contributed by atoms with E-state index in [1.807, 2.05) is 66.7 Å². The summed E-state index contributed by atoms with van der Waals surface area (Å²) in [5, 5.41) is 27.2. The van der Waals surface area contributed by atoms with Crippen LogP contribution in [0.3, 0.4) is 0 Å². The summed E-state index contributed by atoms with van der Waals surface area (Å²) in [5.74, 6) is 0.939. The number of carbonyl (C=O) groups is 2. The van der Waals surface area contributed by atoms with E-state index in [0.717, 1.165) is 55.2 Å². The maximum absolute atomic E-state index is 15.4. The standard InChI is InChI=1S/C46H54N2O5/c1-5-27-48(41(51)47-32-15-17-34(53-4)18-16-32)30-45(52)24-21-39-43(45,3)23-20-38-42(2)22-19-33(49)28-44(42)25-26-46(38,39)37(29-44)40(50)36-14-10-9-13-35(36)31-11-7-6-8-12-31/h6-18,25-26,29,33,38-39,49,52H,5,19-24,27-28,30H2,1-4H3,(H,47,51). The van der Waals surface area contributed by atoms with Crippen LogP contribution in [0.4, 0.5) is 10.5 Å². The summed E-state index contributed by atoms with van der Waals surface area (Å²) >= 11 is 0. The third-order valence-corrected chi connectivity index (χ3v) is 14.8. The summed E-state index contributed by atoms with van der Waals surface area (Å²) in [6, 6.07) is 25.2. The molecule has 3 saturated carbocycles. The number of benzene rings is 3. The van der Waals surface area contributed by atoms with E-state index in [-0.39, 0.29) is 35.6 Å². The Labute approximate surface area is 314 Å². The van der Waals surface area contributed by atoms with Crippen LogP contribution in [-0.2, 0) is 0 Å². The van der Waals surface area contributed by atoms with Gasteiger partial charge in [0.2, 0.25) is 0 Å². The minimum atomic E-state index is -1.15. The van der Waals surface area contributed by atoms with Crippen molar-refractivity contribution in [3.63, 3.8) is 0 Å². The normalized spacial score (nSPS) is 35.1. The Balaban J connectivity index is 1.19. The number of hydrogen-bond acceptors (Lipinski definition) is 5. The van der Waals surface area contributed by atoms with Crippen molar-refractivity contribution in [3.05, 3.63) is 108 Å². The van der Waals surface area contributed by atoms with Crippen LogP contribution in [0.15, 0.2) is 103 Å². The minimum absolute atomic E-state index is 0.0100. The number of nitrogens with zero attached hydrogens (tertiary/aromatic N) is 1. The second-order valence-electron chi connectivity index (χ2n) is 17.1.